The van der Waals surface area contributed by atoms with E-state index in [1.807, 2.05) is 0 Å². The fourth-order valence-electron chi connectivity index (χ4n) is 5.16. The van der Waals surface area contributed by atoms with Crippen molar-refractivity contribution in [2.75, 3.05) is 6.67 Å². The van der Waals surface area contributed by atoms with E-state index in [4.69, 9.17) is 4.74 Å². The number of fused-ring (bicyclic) bond motifs is 3. The molecule has 1 aromatic carbocycles. The maximum absolute atomic E-state index is 14.2. The number of piperidine rings is 2. The van der Waals surface area contributed by atoms with Gasteiger partial charge >= 0.3 is 6.18 Å². The Morgan fingerprint density at radius 2 is 1.76 bits per heavy atom. The molecule has 3 fully saturated rings. The predicted molar refractivity (Wildman–Crippen MR) is 118 cm³/mol. The molecule has 2 aromatic heterocycles. The molecule has 0 spiro atoms. The fraction of sp³-hybridized carbons (Fsp3) is 0.360. The first kappa shape index (κ1) is 25.0. The van der Waals surface area contributed by atoms with Crippen molar-refractivity contribution in [3.8, 4) is 17.3 Å². The number of hydrogen-bond acceptors (Lipinski definition) is 5. The van der Waals surface area contributed by atoms with Crippen LogP contribution in [-0.2, 0) is 6.18 Å². The molecule has 2 bridgehead atoms. The van der Waals surface area contributed by atoms with Gasteiger partial charge in [0.05, 0.1) is 35.6 Å². The van der Waals surface area contributed by atoms with Crippen LogP contribution < -0.4 is 4.74 Å². The summed E-state index contributed by atoms with van der Waals surface area (Å²) >= 11 is 0. The Kier molecular flexibility index (Phi) is 6.50. The number of halogens is 6. The minimum absolute atomic E-state index is 0.00882. The number of carbonyl (C=O) groups excluding carboxylic acids is 1. The smallest absolute Gasteiger partial charge is 0.417 e. The van der Waals surface area contributed by atoms with Crippen molar-refractivity contribution in [1.29, 1.82) is 0 Å². The number of hydrogen-bond donors (Lipinski definition) is 0. The van der Waals surface area contributed by atoms with Crippen LogP contribution in [0.5, 0.6) is 5.88 Å². The number of alkyl halides is 4. The molecule has 1 amide bonds. The number of carbonyl (C=O) groups is 1. The lowest BCUT2D eigenvalue weighted by Gasteiger charge is -2.53. The molecule has 1 aliphatic carbocycles. The molecule has 6 rings (SSSR count). The van der Waals surface area contributed by atoms with Crippen molar-refractivity contribution >= 4 is 5.91 Å². The zero-order valence-electron chi connectivity index (χ0n) is 19.1. The Morgan fingerprint density at radius 1 is 1.00 bits per heavy atom. The standard InChI is InChI=1S/C25H20F6N4O2/c26-9-20-13-1-5-19(21(7-13)37-22-6-2-14(10-32-22)25(29,30)31)35(20)24(36)18-8-15(27)3-4-17(18)23-33-11-16(28)12-34-23/h2-4,6,8,10-13,19-21H,1,5,7,9H2/t13-,19+,20-,21-/m1/s1. The number of pyridine rings is 1. The molecular weight excluding hydrogens is 502 g/mol. The van der Waals surface area contributed by atoms with E-state index in [0.717, 1.165) is 36.7 Å². The lowest BCUT2D eigenvalue weighted by atomic mass is 9.72. The maximum Gasteiger partial charge on any atom is 0.417 e. The largest absolute Gasteiger partial charge is 0.472 e. The van der Waals surface area contributed by atoms with E-state index in [1.165, 1.54) is 11.0 Å². The first-order chi connectivity index (χ1) is 17.7. The van der Waals surface area contributed by atoms with Crippen LogP contribution in [0.15, 0.2) is 48.9 Å². The fourth-order valence-corrected chi connectivity index (χ4v) is 5.16. The topological polar surface area (TPSA) is 68.2 Å². The summed E-state index contributed by atoms with van der Waals surface area (Å²) in [6, 6.07) is 3.91. The molecule has 2 aliphatic heterocycles. The van der Waals surface area contributed by atoms with Crippen LogP contribution in [0.3, 0.4) is 0 Å². The third-order valence-electron chi connectivity index (χ3n) is 6.86. The van der Waals surface area contributed by atoms with Gasteiger partial charge in [0.25, 0.3) is 5.91 Å². The highest BCUT2D eigenvalue weighted by molar-refractivity contribution is 6.00. The molecule has 0 unspecified atom stereocenters. The maximum atomic E-state index is 14.2. The first-order valence-corrected chi connectivity index (χ1v) is 11.5. The van der Waals surface area contributed by atoms with Gasteiger partial charge in [0.15, 0.2) is 11.6 Å². The zero-order chi connectivity index (χ0) is 26.3. The van der Waals surface area contributed by atoms with Crippen molar-refractivity contribution in [1.82, 2.24) is 19.9 Å². The molecule has 4 heterocycles. The summed E-state index contributed by atoms with van der Waals surface area (Å²) in [6.07, 6.45) is -1.27. The molecule has 1 saturated carbocycles. The van der Waals surface area contributed by atoms with Crippen molar-refractivity contribution in [2.45, 2.75) is 43.6 Å². The van der Waals surface area contributed by atoms with Gasteiger partial charge in [0, 0.05) is 17.8 Å². The Labute approximate surface area is 207 Å². The number of benzene rings is 1. The Balaban J connectivity index is 1.46. The van der Waals surface area contributed by atoms with Gasteiger partial charge in [-0.1, -0.05) is 0 Å². The third kappa shape index (κ3) is 4.84. The average molecular weight is 522 g/mol. The van der Waals surface area contributed by atoms with Gasteiger partial charge in [0.1, 0.15) is 18.6 Å². The average Bonchev–Trinajstić information content (AvgIpc) is 2.88. The lowest BCUT2D eigenvalue weighted by molar-refractivity contribution is -0.137. The summed E-state index contributed by atoms with van der Waals surface area (Å²) in [4.78, 5) is 26.6. The monoisotopic (exact) mass is 522 g/mol. The molecule has 3 aromatic rings. The Bertz CT molecular complexity index is 1290. The second kappa shape index (κ2) is 9.64. The molecule has 0 N–H and O–H groups in total. The molecular formula is C25H20F6N4O2. The van der Waals surface area contributed by atoms with E-state index < -0.39 is 54.1 Å². The molecule has 2 saturated heterocycles. The minimum Gasteiger partial charge on any atom is -0.472 e. The van der Waals surface area contributed by atoms with Gasteiger partial charge in [-0.3, -0.25) is 4.79 Å². The first-order valence-electron chi connectivity index (χ1n) is 11.5. The molecule has 194 valence electrons. The molecule has 0 radical (unpaired) electrons. The van der Waals surface area contributed by atoms with Crippen molar-refractivity contribution in [3.63, 3.8) is 0 Å². The number of rotatable bonds is 5. The molecule has 4 atom stereocenters. The lowest BCUT2D eigenvalue weighted by Crippen LogP contribution is -2.65. The SMILES string of the molecule is O=C(c1cc(F)ccc1-c1ncc(F)cn1)N1[C@H](CF)[C@@H]2CC[C@H]1[C@H](Oc1ccc(C(F)(F)F)cn1)C2. The number of aromatic nitrogens is 3. The van der Waals surface area contributed by atoms with Crippen molar-refractivity contribution in [3.05, 3.63) is 71.7 Å². The summed E-state index contributed by atoms with van der Waals surface area (Å²) in [7, 11) is 0. The summed E-state index contributed by atoms with van der Waals surface area (Å²) in [6.45, 7) is -0.837. The van der Waals surface area contributed by atoms with Crippen molar-refractivity contribution in [2.24, 2.45) is 5.92 Å². The molecule has 12 heteroatoms. The quantitative estimate of drug-likeness (QED) is 0.429. The van der Waals surface area contributed by atoms with Gasteiger partial charge in [-0.25, -0.2) is 28.1 Å². The minimum atomic E-state index is -4.55. The van der Waals surface area contributed by atoms with E-state index in [0.29, 0.717) is 25.5 Å². The number of amides is 1. The predicted octanol–water partition coefficient (Wildman–Crippen LogP) is 5.25. The van der Waals surface area contributed by atoms with Crippen molar-refractivity contribution < 1.29 is 35.9 Å². The second-order valence-corrected chi connectivity index (χ2v) is 9.03. The Hall–Kier alpha value is -3.70. The highest BCUT2D eigenvalue weighted by Gasteiger charge is 2.50. The van der Waals surface area contributed by atoms with Crippen LogP contribution >= 0.6 is 0 Å². The summed E-state index contributed by atoms with van der Waals surface area (Å²) in [5.74, 6) is -2.42. The summed E-state index contributed by atoms with van der Waals surface area (Å²) < 4.78 is 86.3. The van der Waals surface area contributed by atoms with Gasteiger partial charge in [-0.15, -0.1) is 0 Å². The molecule has 3 aliphatic rings. The third-order valence-corrected chi connectivity index (χ3v) is 6.86. The molecule has 37 heavy (non-hydrogen) atoms. The highest BCUT2D eigenvalue weighted by Crippen LogP contribution is 2.43. The van der Waals surface area contributed by atoms with Gasteiger partial charge in [0.2, 0.25) is 5.88 Å². The van der Waals surface area contributed by atoms with Crippen LogP contribution in [0.4, 0.5) is 26.3 Å². The van der Waals surface area contributed by atoms with E-state index in [-0.39, 0.29) is 28.7 Å². The van der Waals surface area contributed by atoms with Crippen LogP contribution in [0.1, 0.15) is 35.2 Å². The van der Waals surface area contributed by atoms with Crippen LogP contribution in [-0.4, -0.2) is 50.6 Å². The van der Waals surface area contributed by atoms with Gasteiger partial charge in [-0.05, 0) is 49.4 Å². The van der Waals surface area contributed by atoms with Crippen LogP contribution in [0, 0.1) is 17.6 Å². The van der Waals surface area contributed by atoms with E-state index in [1.54, 1.807) is 0 Å². The molecule has 6 nitrogen and oxygen atoms in total. The van der Waals surface area contributed by atoms with E-state index >= 15 is 0 Å². The summed E-state index contributed by atoms with van der Waals surface area (Å²) in [5.41, 5.74) is -0.905. The number of ether oxygens (including phenoxy) is 1. The Morgan fingerprint density at radius 3 is 2.41 bits per heavy atom. The van der Waals surface area contributed by atoms with Gasteiger partial charge in [-0.2, -0.15) is 13.2 Å². The normalized spacial score (nSPS) is 23.2. The summed E-state index contributed by atoms with van der Waals surface area (Å²) in [5, 5.41) is 0. The van der Waals surface area contributed by atoms with Gasteiger partial charge < -0.3 is 9.64 Å². The number of nitrogens with zero attached hydrogens (tertiary/aromatic N) is 4. The van der Waals surface area contributed by atoms with E-state index in [9.17, 15) is 31.1 Å². The second-order valence-electron chi connectivity index (χ2n) is 9.03. The zero-order valence-corrected chi connectivity index (χ0v) is 19.1. The van der Waals surface area contributed by atoms with E-state index in [2.05, 4.69) is 15.0 Å². The highest BCUT2D eigenvalue weighted by atomic mass is 19.4. The van der Waals surface area contributed by atoms with Crippen LogP contribution in [0.2, 0.25) is 0 Å². The van der Waals surface area contributed by atoms with Crippen LogP contribution in [0.25, 0.3) is 11.4 Å².